The summed E-state index contributed by atoms with van der Waals surface area (Å²) in [5, 5.41) is 16.4. The van der Waals surface area contributed by atoms with Crippen molar-refractivity contribution in [3.8, 4) is 5.75 Å². The lowest BCUT2D eigenvalue weighted by Gasteiger charge is -2.11. The molecule has 0 spiro atoms. The van der Waals surface area contributed by atoms with E-state index in [0.717, 1.165) is 12.0 Å². The van der Waals surface area contributed by atoms with Crippen molar-refractivity contribution in [3.05, 3.63) is 58.6 Å². The molecule has 22 heavy (non-hydrogen) atoms. The molecular weight excluding hydrogens is 300 g/mol. The summed E-state index contributed by atoms with van der Waals surface area (Å²) in [4.78, 5) is 12.2. The van der Waals surface area contributed by atoms with Crippen LogP contribution in [-0.4, -0.2) is 16.7 Å². The van der Waals surface area contributed by atoms with Gasteiger partial charge in [0.1, 0.15) is 5.75 Å². The molecule has 0 radical (unpaired) electrons. The predicted molar refractivity (Wildman–Crippen MR) is 87.6 cm³/mol. The Kier molecular flexibility index (Phi) is 3.86. The van der Waals surface area contributed by atoms with Crippen LogP contribution in [0.25, 0.3) is 0 Å². The minimum Gasteiger partial charge on any atom is -0.507 e. The van der Waals surface area contributed by atoms with E-state index in [1.165, 1.54) is 5.01 Å². The van der Waals surface area contributed by atoms with Gasteiger partial charge in [0.15, 0.2) is 0 Å². The first-order chi connectivity index (χ1) is 10.6. The van der Waals surface area contributed by atoms with Crippen molar-refractivity contribution in [1.29, 1.82) is 0 Å². The number of benzene rings is 2. The van der Waals surface area contributed by atoms with Gasteiger partial charge >= 0.3 is 0 Å². The minimum absolute atomic E-state index is 0.126. The number of aromatic hydroxyl groups is 1. The molecule has 0 bridgehead atoms. The van der Waals surface area contributed by atoms with Gasteiger partial charge in [0.05, 0.1) is 17.8 Å². The summed E-state index contributed by atoms with van der Waals surface area (Å²) in [5.74, 6) is 0.0142. The zero-order valence-electron chi connectivity index (χ0n) is 12.1. The average molecular weight is 315 g/mol. The van der Waals surface area contributed by atoms with Crippen molar-refractivity contribution < 1.29 is 9.90 Å². The fraction of sp³-hybridized carbons (Fsp3) is 0.176. The molecule has 5 heteroatoms. The van der Waals surface area contributed by atoms with E-state index in [-0.39, 0.29) is 18.1 Å². The van der Waals surface area contributed by atoms with E-state index >= 15 is 0 Å². The van der Waals surface area contributed by atoms with Crippen molar-refractivity contribution in [3.63, 3.8) is 0 Å². The Morgan fingerprint density at radius 2 is 1.95 bits per heavy atom. The van der Waals surface area contributed by atoms with Crippen LogP contribution in [0.4, 0.5) is 5.69 Å². The highest BCUT2D eigenvalue weighted by Crippen LogP contribution is 2.28. The largest absolute Gasteiger partial charge is 0.507 e. The van der Waals surface area contributed by atoms with Crippen molar-refractivity contribution in [1.82, 2.24) is 0 Å². The lowest BCUT2D eigenvalue weighted by Crippen LogP contribution is -2.19. The number of phenols is 1. The first kappa shape index (κ1) is 14.6. The van der Waals surface area contributed by atoms with Crippen LogP contribution < -0.4 is 5.01 Å². The number of hydrazone groups is 1. The van der Waals surface area contributed by atoms with Gasteiger partial charge in [-0.2, -0.15) is 5.10 Å². The second-order valence-corrected chi connectivity index (χ2v) is 5.55. The number of amides is 1. The van der Waals surface area contributed by atoms with Gasteiger partial charge in [-0.15, -0.1) is 0 Å². The number of phenolic OH excluding ortho intramolecular Hbond substituents is 1. The molecule has 0 aromatic heterocycles. The van der Waals surface area contributed by atoms with Gasteiger partial charge in [-0.05, 0) is 48.4 Å². The van der Waals surface area contributed by atoms with Crippen LogP contribution in [-0.2, 0) is 11.2 Å². The quantitative estimate of drug-likeness (QED) is 0.938. The normalized spacial score (nSPS) is 14.4. The van der Waals surface area contributed by atoms with Gasteiger partial charge in [-0.3, -0.25) is 4.79 Å². The SMILES string of the molecule is CCc1ccc(O)c(C2=NN(c3ccc(Cl)cc3)C(=O)C2)c1. The minimum atomic E-state index is -0.126. The molecule has 2 aromatic carbocycles. The standard InChI is InChI=1S/C17H15ClN2O2/c1-2-11-3-8-16(21)14(9-11)15-10-17(22)20(19-15)13-6-4-12(18)5-7-13/h3-9,21H,2,10H2,1H3. The predicted octanol–water partition coefficient (Wildman–Crippen LogP) is 3.75. The number of halogens is 1. The van der Waals surface area contributed by atoms with Gasteiger partial charge in [-0.25, -0.2) is 5.01 Å². The topological polar surface area (TPSA) is 52.9 Å². The Bertz CT molecular complexity index is 754. The summed E-state index contributed by atoms with van der Waals surface area (Å²) < 4.78 is 0. The molecule has 112 valence electrons. The second kappa shape index (κ2) is 5.81. The lowest BCUT2D eigenvalue weighted by molar-refractivity contribution is -0.116. The summed E-state index contributed by atoms with van der Waals surface area (Å²) in [6, 6.07) is 12.3. The van der Waals surface area contributed by atoms with E-state index in [4.69, 9.17) is 11.6 Å². The summed E-state index contributed by atoms with van der Waals surface area (Å²) >= 11 is 5.86. The first-order valence-electron chi connectivity index (χ1n) is 7.06. The van der Waals surface area contributed by atoms with Crippen LogP contribution >= 0.6 is 11.6 Å². The van der Waals surface area contributed by atoms with Crippen LogP contribution in [0.2, 0.25) is 5.02 Å². The molecule has 0 saturated carbocycles. The molecule has 0 aliphatic carbocycles. The van der Waals surface area contributed by atoms with Crippen molar-refractivity contribution in [2.75, 3.05) is 5.01 Å². The maximum absolute atomic E-state index is 12.2. The van der Waals surface area contributed by atoms with Crippen LogP contribution in [0.5, 0.6) is 5.75 Å². The van der Waals surface area contributed by atoms with Gasteiger partial charge in [-0.1, -0.05) is 24.6 Å². The second-order valence-electron chi connectivity index (χ2n) is 5.11. The maximum atomic E-state index is 12.2. The summed E-state index contributed by atoms with van der Waals surface area (Å²) in [6.45, 7) is 2.04. The van der Waals surface area contributed by atoms with Gasteiger partial charge < -0.3 is 5.11 Å². The zero-order chi connectivity index (χ0) is 15.7. The number of nitrogens with zero attached hydrogens (tertiary/aromatic N) is 2. The monoisotopic (exact) mass is 314 g/mol. The molecule has 0 saturated heterocycles. The summed E-state index contributed by atoms with van der Waals surface area (Å²) in [7, 11) is 0. The Labute approximate surface area is 133 Å². The number of hydrogen-bond acceptors (Lipinski definition) is 3. The van der Waals surface area contributed by atoms with Crippen molar-refractivity contribution in [2.24, 2.45) is 5.10 Å². The van der Waals surface area contributed by atoms with Gasteiger partial charge in [0, 0.05) is 10.6 Å². The third kappa shape index (κ3) is 2.70. The summed E-state index contributed by atoms with van der Waals surface area (Å²) in [5.41, 5.74) is 2.94. The Morgan fingerprint density at radius 3 is 2.64 bits per heavy atom. The highest BCUT2D eigenvalue weighted by Gasteiger charge is 2.27. The molecule has 1 N–H and O–H groups in total. The van der Waals surface area contributed by atoms with Crippen LogP contribution in [0.1, 0.15) is 24.5 Å². The third-order valence-corrected chi connectivity index (χ3v) is 3.88. The molecular formula is C17H15ClN2O2. The van der Waals surface area contributed by atoms with E-state index in [0.29, 0.717) is 22.0 Å². The molecule has 0 unspecified atom stereocenters. The fourth-order valence-electron chi connectivity index (χ4n) is 2.40. The highest BCUT2D eigenvalue weighted by molar-refractivity contribution is 6.30. The third-order valence-electron chi connectivity index (χ3n) is 3.63. The average Bonchev–Trinajstić information content (AvgIpc) is 2.90. The van der Waals surface area contributed by atoms with Crippen molar-refractivity contribution >= 4 is 28.9 Å². The van der Waals surface area contributed by atoms with Crippen molar-refractivity contribution in [2.45, 2.75) is 19.8 Å². The molecule has 2 aromatic rings. The zero-order valence-corrected chi connectivity index (χ0v) is 12.8. The van der Waals surface area contributed by atoms with E-state index in [2.05, 4.69) is 5.10 Å². The molecule has 4 nitrogen and oxygen atoms in total. The van der Waals surface area contributed by atoms with Crippen LogP contribution in [0, 0.1) is 0 Å². The molecule has 1 aliphatic heterocycles. The number of hydrogen-bond donors (Lipinski definition) is 1. The van der Waals surface area contributed by atoms with Gasteiger partial charge in [0.25, 0.3) is 5.91 Å². The lowest BCUT2D eigenvalue weighted by atomic mass is 10.0. The molecule has 0 atom stereocenters. The van der Waals surface area contributed by atoms with E-state index < -0.39 is 0 Å². The van der Waals surface area contributed by atoms with E-state index in [1.807, 2.05) is 19.1 Å². The molecule has 0 fully saturated rings. The molecule has 1 aliphatic rings. The Morgan fingerprint density at radius 1 is 1.23 bits per heavy atom. The number of carbonyl (C=O) groups excluding carboxylic acids is 1. The Hall–Kier alpha value is -2.33. The Balaban J connectivity index is 1.98. The number of carbonyl (C=O) groups is 1. The number of aryl methyl sites for hydroxylation is 1. The maximum Gasteiger partial charge on any atom is 0.253 e. The molecule has 1 amide bonds. The van der Waals surface area contributed by atoms with Crippen LogP contribution in [0.15, 0.2) is 47.6 Å². The number of rotatable bonds is 3. The molecule has 3 rings (SSSR count). The fourth-order valence-corrected chi connectivity index (χ4v) is 2.52. The van der Waals surface area contributed by atoms with Gasteiger partial charge in [0.2, 0.25) is 0 Å². The van der Waals surface area contributed by atoms with E-state index in [9.17, 15) is 9.90 Å². The molecule has 1 heterocycles. The van der Waals surface area contributed by atoms with Crippen LogP contribution in [0.3, 0.4) is 0 Å². The van der Waals surface area contributed by atoms with E-state index in [1.54, 1.807) is 30.3 Å². The highest BCUT2D eigenvalue weighted by atomic mass is 35.5. The smallest absolute Gasteiger partial charge is 0.253 e. The number of anilines is 1. The summed E-state index contributed by atoms with van der Waals surface area (Å²) in [6.07, 6.45) is 1.03. The first-order valence-corrected chi connectivity index (χ1v) is 7.44.